The number of aliphatic hydroxyl groups is 3. The van der Waals surface area contributed by atoms with E-state index in [1.165, 1.54) is 17.0 Å². The monoisotopic (exact) mass is 1120 g/mol. The molecule has 422 valence electrons. The van der Waals surface area contributed by atoms with Crippen molar-refractivity contribution in [2.24, 2.45) is 35.5 Å². The topological polar surface area (TPSA) is 252 Å². The second-order valence-electron chi connectivity index (χ2n) is 22.6. The fourth-order valence-corrected chi connectivity index (χ4v) is 14.2. The average molecular weight is 1120 g/mol. The maximum absolute atomic E-state index is 13.2. The van der Waals surface area contributed by atoms with Gasteiger partial charge in [-0.2, -0.15) is 36.9 Å². The van der Waals surface area contributed by atoms with Crippen molar-refractivity contribution >= 4 is 58.2 Å². The Labute approximate surface area is 454 Å². The number of amides is 6. The number of aryl methyl sites for hydroxylation is 1. The second kappa shape index (κ2) is 18.5. The summed E-state index contributed by atoms with van der Waals surface area (Å²) in [4.78, 5) is 83.9. The molecule has 15 atom stereocenters. The van der Waals surface area contributed by atoms with Crippen LogP contribution in [0.15, 0.2) is 54.6 Å². The highest BCUT2D eigenvalue weighted by Crippen LogP contribution is 2.64. The number of halogens is 6. The molecule has 9 aliphatic heterocycles. The number of aliphatic hydroxyl groups excluding tert-OH is 3. The molecule has 12 rings (SSSR count). The minimum absolute atomic E-state index is 0.165. The van der Waals surface area contributed by atoms with E-state index in [1.54, 1.807) is 66.7 Å². The quantitative estimate of drug-likeness (QED) is 0.136. The largest absolute Gasteiger partial charge is 0.417 e. The van der Waals surface area contributed by atoms with Crippen molar-refractivity contribution in [2.75, 3.05) is 14.7 Å². The predicted octanol–water partition coefficient (Wildman–Crippen LogP) is 6.98. The Balaban J connectivity index is 0.000000143. The lowest BCUT2D eigenvalue weighted by Crippen LogP contribution is -2.49. The molecule has 6 bridgehead atoms. The van der Waals surface area contributed by atoms with Gasteiger partial charge in [0.1, 0.15) is 16.8 Å². The molecule has 0 spiro atoms. The van der Waals surface area contributed by atoms with Gasteiger partial charge in [-0.15, -0.1) is 0 Å². The molecule has 6 unspecified atom stereocenters. The summed E-state index contributed by atoms with van der Waals surface area (Å²) in [6.45, 7) is 22.8. The number of alkyl halides is 6. The number of hydrogen-bond acceptors (Lipinski definition) is 14. The van der Waals surface area contributed by atoms with E-state index in [1.807, 2.05) is 13.8 Å². The first kappa shape index (κ1) is 57.6. The summed E-state index contributed by atoms with van der Waals surface area (Å²) >= 11 is 0. The molecule has 0 saturated carbocycles. The summed E-state index contributed by atoms with van der Waals surface area (Å²) in [6.07, 6.45) is -11.6. The predicted molar refractivity (Wildman–Crippen MR) is 265 cm³/mol. The molecule has 9 saturated heterocycles. The van der Waals surface area contributed by atoms with Gasteiger partial charge in [-0.1, -0.05) is 19.9 Å². The fraction of sp³-hybridized carbons (Fsp3) is 0.518. The Morgan fingerprint density at radius 1 is 0.525 bits per heavy atom. The SMILES string of the molecule is CC.CC12C[C@@H](O)C(C)(O1)[C@H]1C(=O)N(c3ccc(C#N)c(C(F)(F)F)c3)C(=O)[C@H]12.CC12C[C@H](O)C(C)(O1)[C@H]1C(=O)N(c3ccc(C#N)c(C(F)(F)F)c3)C(=O)[C@H]12.[C-]#[N+]c1ccc(N2C(=O)[C@@H]3[C@H](C2=O)C2(C)C[C@H](O)C3(C)O2)cc1C. The van der Waals surface area contributed by atoms with E-state index in [4.69, 9.17) is 31.3 Å². The number of benzene rings is 3. The first-order chi connectivity index (χ1) is 37.1. The third kappa shape index (κ3) is 7.94. The Kier molecular flexibility index (Phi) is 13.3. The Morgan fingerprint density at radius 2 is 0.800 bits per heavy atom. The molecular formula is C56H54F6N6O12. The third-order valence-corrected chi connectivity index (χ3v) is 17.8. The molecule has 6 amide bonds. The number of anilines is 3. The van der Waals surface area contributed by atoms with Crippen LogP contribution in [0, 0.1) is 71.7 Å². The highest BCUT2D eigenvalue weighted by atomic mass is 19.4. The summed E-state index contributed by atoms with van der Waals surface area (Å²) in [5, 5.41) is 48.7. The number of carbonyl (C=O) groups is 6. The summed E-state index contributed by atoms with van der Waals surface area (Å²) in [7, 11) is 0. The van der Waals surface area contributed by atoms with E-state index in [2.05, 4.69) is 4.85 Å². The summed E-state index contributed by atoms with van der Waals surface area (Å²) in [6, 6.07) is 13.3. The highest BCUT2D eigenvalue weighted by Gasteiger charge is 2.78. The van der Waals surface area contributed by atoms with Gasteiger partial charge >= 0.3 is 12.4 Å². The van der Waals surface area contributed by atoms with Gasteiger partial charge in [-0.25, -0.2) is 19.5 Å². The minimum atomic E-state index is -4.81. The van der Waals surface area contributed by atoms with Crippen molar-refractivity contribution in [1.82, 2.24) is 0 Å². The Hall–Kier alpha value is -7.11. The first-order valence-corrected chi connectivity index (χ1v) is 25.6. The Bertz CT molecular complexity index is 3220. The molecule has 3 aromatic rings. The molecule has 9 aliphatic rings. The van der Waals surface area contributed by atoms with Crippen molar-refractivity contribution in [1.29, 1.82) is 10.5 Å². The fourth-order valence-electron chi connectivity index (χ4n) is 14.2. The van der Waals surface area contributed by atoms with Gasteiger partial charge in [0.15, 0.2) is 5.69 Å². The molecule has 18 nitrogen and oxygen atoms in total. The lowest BCUT2D eigenvalue weighted by molar-refractivity contribution is -0.138. The van der Waals surface area contributed by atoms with Crippen LogP contribution in [0.3, 0.4) is 0 Å². The number of imide groups is 3. The molecule has 9 heterocycles. The van der Waals surface area contributed by atoms with Crippen LogP contribution in [0.4, 0.5) is 49.1 Å². The van der Waals surface area contributed by atoms with Crippen molar-refractivity contribution < 1.29 is 84.6 Å². The van der Waals surface area contributed by atoms with Crippen LogP contribution in [0.1, 0.15) is 102 Å². The lowest BCUT2D eigenvalue weighted by atomic mass is 9.67. The van der Waals surface area contributed by atoms with Gasteiger partial charge in [0.2, 0.25) is 35.4 Å². The number of ether oxygens (including phenoxy) is 3. The summed E-state index contributed by atoms with van der Waals surface area (Å²) in [5.41, 5.74) is -8.88. The van der Waals surface area contributed by atoms with Crippen LogP contribution in [0.2, 0.25) is 0 Å². The number of fused-ring (bicyclic) bond motifs is 15. The van der Waals surface area contributed by atoms with Gasteiger partial charge in [0, 0.05) is 24.9 Å². The van der Waals surface area contributed by atoms with Crippen molar-refractivity contribution in [2.45, 2.75) is 146 Å². The number of nitriles is 2. The van der Waals surface area contributed by atoms with Gasteiger partial charge in [0.25, 0.3) is 0 Å². The van der Waals surface area contributed by atoms with E-state index in [-0.39, 0.29) is 36.0 Å². The van der Waals surface area contributed by atoms with E-state index in [0.717, 1.165) is 39.6 Å². The van der Waals surface area contributed by atoms with Crippen LogP contribution < -0.4 is 14.7 Å². The van der Waals surface area contributed by atoms with Crippen LogP contribution in [0.25, 0.3) is 4.85 Å². The smallest absolute Gasteiger partial charge is 0.390 e. The average Bonchev–Trinajstić information content (AvgIpc) is 2.95. The number of nitrogens with zero attached hydrogens (tertiary/aromatic N) is 6. The maximum Gasteiger partial charge on any atom is 0.417 e. The number of rotatable bonds is 3. The van der Waals surface area contributed by atoms with Crippen LogP contribution in [0.5, 0.6) is 0 Å². The molecule has 9 fully saturated rings. The zero-order valence-corrected chi connectivity index (χ0v) is 44.5. The van der Waals surface area contributed by atoms with Gasteiger partial charge in [-0.05, 0) is 103 Å². The normalized spacial score (nSPS) is 37.5. The zero-order valence-electron chi connectivity index (χ0n) is 44.5. The maximum atomic E-state index is 13.2. The molecule has 80 heavy (non-hydrogen) atoms. The van der Waals surface area contributed by atoms with Crippen molar-refractivity contribution in [3.05, 3.63) is 93.8 Å². The summed E-state index contributed by atoms with van der Waals surface area (Å²) < 4.78 is 97.1. The summed E-state index contributed by atoms with van der Waals surface area (Å²) in [5.74, 6) is -8.23. The van der Waals surface area contributed by atoms with E-state index < -0.39 is 146 Å². The van der Waals surface area contributed by atoms with E-state index in [9.17, 15) is 70.4 Å². The van der Waals surface area contributed by atoms with Crippen molar-refractivity contribution in [3.63, 3.8) is 0 Å². The standard InChI is InChI=1S/2C18H15F3N2O4.C18H18N2O4.C2H6/c2*1-16-6-11(24)17(2,27-16)13-12(16)14(25)23(15(13)26)9-4-3-8(7-22)10(5-9)18(19,20)21;1-9-7-10(5-6-11(9)19-4)20-15(22)13-14(16(20)23)18(3)12(21)8-17(13,2)24-18;1-2/h2*3-5,11-13,24H,6H2,1-2H3;5-7,12-14,21H,8H2,1-3H3;1-2H3/t11-,12+,13-,16?,17?;11-,12-,13+,16?,17?;12-,13+,14-,17?,18?;/m100./s1. The van der Waals surface area contributed by atoms with Crippen LogP contribution in [-0.4, -0.2) is 103 Å². The minimum Gasteiger partial charge on any atom is -0.390 e. The van der Waals surface area contributed by atoms with Gasteiger partial charge < -0.3 is 29.5 Å². The Morgan fingerprint density at radius 3 is 1.06 bits per heavy atom. The second-order valence-corrected chi connectivity index (χ2v) is 22.6. The molecular weight excluding hydrogens is 1060 g/mol. The van der Waals surface area contributed by atoms with Crippen LogP contribution in [-0.2, 0) is 55.3 Å². The molecule has 0 aliphatic carbocycles. The van der Waals surface area contributed by atoms with Crippen molar-refractivity contribution in [3.8, 4) is 12.1 Å². The number of carbonyl (C=O) groups excluding carboxylic acids is 6. The third-order valence-electron chi connectivity index (χ3n) is 17.8. The molecule has 3 aromatic carbocycles. The molecule has 0 radical (unpaired) electrons. The first-order valence-electron chi connectivity index (χ1n) is 25.6. The van der Waals surface area contributed by atoms with E-state index in [0.29, 0.717) is 29.9 Å². The molecule has 3 N–H and O–H groups in total. The van der Waals surface area contributed by atoms with Gasteiger partial charge in [-0.3, -0.25) is 28.8 Å². The van der Waals surface area contributed by atoms with E-state index >= 15 is 0 Å². The molecule has 0 aromatic heterocycles. The van der Waals surface area contributed by atoms with Crippen LogP contribution >= 0.6 is 0 Å². The molecule has 24 heteroatoms. The number of hydrogen-bond donors (Lipinski definition) is 3. The van der Waals surface area contributed by atoms with Gasteiger partial charge in [0.05, 0.1) is 123 Å². The highest BCUT2D eigenvalue weighted by molar-refractivity contribution is 6.25. The zero-order chi connectivity index (χ0) is 59.3. The lowest BCUT2D eigenvalue weighted by Gasteiger charge is -2.31.